The molecule has 0 fully saturated rings. The largest absolute Gasteiger partial charge is 0.467 e. The van der Waals surface area contributed by atoms with Crippen LogP contribution < -0.4 is 5.32 Å². The molecular formula is C14H20BrN3O6. The third kappa shape index (κ3) is 5.84. The number of alkyl carbamates (subject to hydrolysis) is 1. The summed E-state index contributed by atoms with van der Waals surface area (Å²) < 4.78 is 16.1. The van der Waals surface area contributed by atoms with Gasteiger partial charge in [-0.2, -0.15) is 5.10 Å². The van der Waals surface area contributed by atoms with Gasteiger partial charge < -0.3 is 19.5 Å². The molecule has 0 radical (unpaired) electrons. The first-order chi connectivity index (χ1) is 11.1. The minimum atomic E-state index is -1.10. The highest BCUT2D eigenvalue weighted by Crippen LogP contribution is 2.13. The van der Waals surface area contributed by atoms with Gasteiger partial charge in [-0.15, -0.1) is 0 Å². The van der Waals surface area contributed by atoms with Gasteiger partial charge in [0.1, 0.15) is 21.9 Å². The third-order valence-corrected chi connectivity index (χ3v) is 3.06. The maximum Gasteiger partial charge on any atom is 0.408 e. The van der Waals surface area contributed by atoms with Gasteiger partial charge in [-0.05, 0) is 36.7 Å². The number of aromatic nitrogens is 2. The number of nitrogens with zero attached hydrogens (tertiary/aromatic N) is 2. The van der Waals surface area contributed by atoms with Crippen molar-refractivity contribution in [2.75, 3.05) is 14.2 Å². The molecule has 1 aromatic heterocycles. The van der Waals surface area contributed by atoms with Crippen LogP contribution in [0.3, 0.4) is 0 Å². The van der Waals surface area contributed by atoms with Gasteiger partial charge in [-0.3, -0.25) is 4.68 Å². The lowest BCUT2D eigenvalue weighted by Gasteiger charge is -2.22. The molecular weight excluding hydrogens is 386 g/mol. The number of nitrogens with one attached hydrogen (secondary N) is 1. The Kier molecular flexibility index (Phi) is 6.76. The number of hydrogen-bond acceptors (Lipinski definition) is 7. The molecule has 0 bridgehead atoms. The molecule has 1 amide bonds. The summed E-state index contributed by atoms with van der Waals surface area (Å²) in [7, 11) is 2.41. The van der Waals surface area contributed by atoms with E-state index in [1.165, 1.54) is 25.0 Å². The van der Waals surface area contributed by atoms with Crippen molar-refractivity contribution in [3.05, 3.63) is 16.4 Å². The molecule has 1 N–H and O–H groups in total. The van der Waals surface area contributed by atoms with E-state index in [-0.39, 0.29) is 12.2 Å². The molecule has 0 unspecified atom stereocenters. The number of methoxy groups -OCH3 is 2. The van der Waals surface area contributed by atoms with E-state index < -0.39 is 29.7 Å². The fourth-order valence-electron chi connectivity index (χ4n) is 1.74. The Morgan fingerprint density at radius 3 is 2.42 bits per heavy atom. The average molecular weight is 406 g/mol. The minimum absolute atomic E-state index is 0.115. The molecule has 24 heavy (non-hydrogen) atoms. The number of hydrogen-bond donors (Lipinski definition) is 1. The van der Waals surface area contributed by atoms with Crippen molar-refractivity contribution in [1.82, 2.24) is 15.1 Å². The molecule has 0 saturated carbocycles. The SMILES string of the molecule is COC(=O)c1cc(Br)nn1C[C@H](NC(=O)OC(C)(C)C)C(=O)OC. The number of esters is 2. The quantitative estimate of drug-likeness (QED) is 0.583. The van der Waals surface area contributed by atoms with E-state index in [0.29, 0.717) is 4.60 Å². The first-order valence-electron chi connectivity index (χ1n) is 6.96. The van der Waals surface area contributed by atoms with E-state index in [2.05, 4.69) is 35.8 Å². The summed E-state index contributed by atoms with van der Waals surface area (Å²) in [5.74, 6) is -1.34. The van der Waals surface area contributed by atoms with Crippen molar-refractivity contribution in [3.8, 4) is 0 Å². The second-order valence-corrected chi connectivity index (χ2v) is 6.56. The van der Waals surface area contributed by atoms with Gasteiger partial charge in [0.05, 0.1) is 20.8 Å². The van der Waals surface area contributed by atoms with Crippen LogP contribution in [0, 0.1) is 0 Å². The van der Waals surface area contributed by atoms with Crippen LogP contribution in [0.1, 0.15) is 31.3 Å². The van der Waals surface area contributed by atoms with Gasteiger partial charge in [0, 0.05) is 6.07 Å². The van der Waals surface area contributed by atoms with E-state index in [1.54, 1.807) is 20.8 Å². The number of halogens is 1. The van der Waals surface area contributed by atoms with Crippen LogP contribution in [-0.2, 0) is 25.5 Å². The number of ether oxygens (including phenoxy) is 3. The highest BCUT2D eigenvalue weighted by atomic mass is 79.9. The molecule has 1 atom stereocenters. The molecule has 0 aliphatic heterocycles. The zero-order chi connectivity index (χ0) is 18.5. The van der Waals surface area contributed by atoms with E-state index in [1.807, 2.05) is 0 Å². The summed E-state index contributed by atoms with van der Waals surface area (Å²) >= 11 is 3.15. The first-order valence-corrected chi connectivity index (χ1v) is 7.75. The van der Waals surface area contributed by atoms with Crippen molar-refractivity contribution >= 4 is 34.0 Å². The summed E-state index contributed by atoms with van der Waals surface area (Å²) in [6, 6.07) is 0.341. The molecule has 0 aliphatic rings. The molecule has 10 heteroatoms. The number of rotatable bonds is 5. The van der Waals surface area contributed by atoms with Gasteiger partial charge in [0.15, 0.2) is 0 Å². The lowest BCUT2D eigenvalue weighted by Crippen LogP contribution is -2.46. The minimum Gasteiger partial charge on any atom is -0.467 e. The smallest absolute Gasteiger partial charge is 0.408 e. The topological polar surface area (TPSA) is 109 Å². The molecule has 9 nitrogen and oxygen atoms in total. The Balaban J connectivity index is 2.97. The van der Waals surface area contributed by atoms with Crippen LogP contribution >= 0.6 is 15.9 Å². The molecule has 0 spiro atoms. The van der Waals surface area contributed by atoms with Crippen LogP contribution in [0.2, 0.25) is 0 Å². The zero-order valence-electron chi connectivity index (χ0n) is 14.1. The maximum absolute atomic E-state index is 11.9. The summed E-state index contributed by atoms with van der Waals surface area (Å²) in [5.41, 5.74) is -0.610. The summed E-state index contributed by atoms with van der Waals surface area (Å²) in [6.45, 7) is 4.95. The lowest BCUT2D eigenvalue weighted by atomic mass is 10.2. The molecule has 1 aromatic rings. The van der Waals surface area contributed by atoms with Crippen molar-refractivity contribution in [2.24, 2.45) is 0 Å². The van der Waals surface area contributed by atoms with Gasteiger partial charge in [-0.1, -0.05) is 0 Å². The highest BCUT2D eigenvalue weighted by Gasteiger charge is 2.27. The Labute approximate surface area is 147 Å². The van der Waals surface area contributed by atoms with Crippen LogP contribution in [0.15, 0.2) is 10.7 Å². The standard InChI is InChI=1S/C14H20BrN3O6/c1-14(2,3)24-13(21)16-8(11(19)22-4)7-18-9(12(20)23-5)6-10(15)17-18/h6,8H,7H2,1-5H3,(H,16,21)/t8-/m0/s1. The fraction of sp³-hybridized carbons (Fsp3) is 0.571. The summed E-state index contributed by atoms with van der Waals surface area (Å²) in [4.78, 5) is 35.5. The van der Waals surface area contributed by atoms with Gasteiger partial charge >= 0.3 is 18.0 Å². The highest BCUT2D eigenvalue weighted by molar-refractivity contribution is 9.10. The second-order valence-electron chi connectivity index (χ2n) is 5.75. The fourth-order valence-corrected chi connectivity index (χ4v) is 2.15. The van der Waals surface area contributed by atoms with Gasteiger partial charge in [0.25, 0.3) is 0 Å². The third-order valence-electron chi connectivity index (χ3n) is 2.68. The Hall–Kier alpha value is -2.10. The van der Waals surface area contributed by atoms with Crippen LogP contribution in [0.5, 0.6) is 0 Å². The van der Waals surface area contributed by atoms with Crippen molar-refractivity contribution in [3.63, 3.8) is 0 Å². The van der Waals surface area contributed by atoms with E-state index in [9.17, 15) is 14.4 Å². The summed E-state index contributed by atoms with van der Waals surface area (Å²) in [5, 5.41) is 6.45. The van der Waals surface area contributed by atoms with Crippen LogP contribution in [0.25, 0.3) is 0 Å². The van der Waals surface area contributed by atoms with Crippen molar-refractivity contribution in [2.45, 2.75) is 39.0 Å². The summed E-state index contributed by atoms with van der Waals surface area (Å²) in [6.07, 6.45) is -0.788. The Morgan fingerprint density at radius 1 is 1.29 bits per heavy atom. The molecule has 0 aliphatic carbocycles. The van der Waals surface area contributed by atoms with Gasteiger partial charge in [-0.25, -0.2) is 14.4 Å². The molecule has 1 heterocycles. The second kappa shape index (κ2) is 8.13. The number of amides is 1. The average Bonchev–Trinajstić information content (AvgIpc) is 2.83. The molecule has 0 saturated heterocycles. The maximum atomic E-state index is 11.9. The Morgan fingerprint density at radius 2 is 1.92 bits per heavy atom. The van der Waals surface area contributed by atoms with Crippen LogP contribution in [0.4, 0.5) is 4.79 Å². The van der Waals surface area contributed by atoms with E-state index >= 15 is 0 Å². The first kappa shape index (κ1) is 19.9. The van der Waals surface area contributed by atoms with Crippen molar-refractivity contribution in [1.29, 1.82) is 0 Å². The number of carbonyl (C=O) groups is 3. The monoisotopic (exact) mass is 405 g/mol. The van der Waals surface area contributed by atoms with E-state index in [4.69, 9.17) is 4.74 Å². The van der Waals surface area contributed by atoms with Crippen LogP contribution in [-0.4, -0.2) is 53.7 Å². The lowest BCUT2D eigenvalue weighted by molar-refractivity contribution is -0.143. The molecule has 1 rings (SSSR count). The predicted octanol–water partition coefficient (Wildman–Crippen LogP) is 1.50. The Bertz CT molecular complexity index is 623. The van der Waals surface area contributed by atoms with Gasteiger partial charge in [0.2, 0.25) is 0 Å². The molecule has 134 valence electrons. The van der Waals surface area contributed by atoms with Crippen molar-refractivity contribution < 1.29 is 28.6 Å². The predicted molar refractivity (Wildman–Crippen MR) is 86.4 cm³/mol. The zero-order valence-corrected chi connectivity index (χ0v) is 15.7. The molecule has 0 aromatic carbocycles. The number of carbonyl (C=O) groups excluding carboxylic acids is 3. The normalized spacial score (nSPS) is 12.2. The van der Waals surface area contributed by atoms with E-state index in [0.717, 1.165) is 0 Å².